The summed E-state index contributed by atoms with van der Waals surface area (Å²) in [5.74, 6) is -0.219. The highest BCUT2D eigenvalue weighted by Gasteiger charge is 2.14. The van der Waals surface area contributed by atoms with E-state index in [2.05, 4.69) is 15.2 Å². The molecule has 2 aromatic rings. The molecule has 0 bridgehead atoms. The van der Waals surface area contributed by atoms with Crippen LogP contribution in [0.15, 0.2) is 36.5 Å². The molecule has 1 aliphatic heterocycles. The van der Waals surface area contributed by atoms with Gasteiger partial charge in [0.25, 0.3) is 5.91 Å². The lowest BCUT2D eigenvalue weighted by Gasteiger charge is -2.28. The van der Waals surface area contributed by atoms with Gasteiger partial charge >= 0.3 is 0 Å². The van der Waals surface area contributed by atoms with E-state index in [-0.39, 0.29) is 5.91 Å². The van der Waals surface area contributed by atoms with E-state index in [1.165, 1.54) is 19.3 Å². The number of aryl methyl sites for hydroxylation is 1. The number of carbonyl (C=O) groups excluding carboxylic acids is 1. The topological polar surface area (TPSA) is 45.2 Å². The SMILES string of the molecule is Cc1ccc(NC(=O)c2cc(N3CCCCC3)ccn2)cc1Cl. The number of pyridine rings is 1. The average molecular weight is 330 g/mol. The van der Waals surface area contributed by atoms with Gasteiger partial charge in [-0.3, -0.25) is 9.78 Å². The van der Waals surface area contributed by atoms with Gasteiger partial charge in [0, 0.05) is 35.7 Å². The van der Waals surface area contributed by atoms with Crippen LogP contribution < -0.4 is 10.2 Å². The number of anilines is 2. The molecule has 0 radical (unpaired) electrons. The standard InChI is InChI=1S/C18H20ClN3O/c1-13-5-6-14(11-16(13)19)21-18(23)17-12-15(7-8-20-17)22-9-3-2-4-10-22/h5-8,11-12H,2-4,9-10H2,1H3,(H,21,23). The number of hydrogen-bond donors (Lipinski definition) is 1. The first-order valence-electron chi connectivity index (χ1n) is 7.92. The van der Waals surface area contributed by atoms with Crippen LogP contribution in [0.5, 0.6) is 0 Å². The summed E-state index contributed by atoms with van der Waals surface area (Å²) in [5, 5.41) is 3.49. The number of aromatic nitrogens is 1. The summed E-state index contributed by atoms with van der Waals surface area (Å²) in [5.41, 5.74) is 3.14. The molecule has 0 unspecified atom stereocenters. The Labute approximate surface area is 141 Å². The Kier molecular flexibility index (Phi) is 4.82. The van der Waals surface area contributed by atoms with E-state index in [1.54, 1.807) is 12.3 Å². The van der Waals surface area contributed by atoms with Crippen LogP contribution >= 0.6 is 11.6 Å². The van der Waals surface area contributed by atoms with E-state index in [4.69, 9.17) is 11.6 Å². The van der Waals surface area contributed by atoms with Gasteiger partial charge in [0.05, 0.1) is 0 Å². The third kappa shape index (κ3) is 3.82. The third-order valence-corrected chi connectivity index (χ3v) is 4.53. The maximum absolute atomic E-state index is 12.4. The number of carbonyl (C=O) groups is 1. The second-order valence-electron chi connectivity index (χ2n) is 5.87. The third-order valence-electron chi connectivity index (χ3n) is 4.13. The van der Waals surface area contributed by atoms with Crippen molar-refractivity contribution < 1.29 is 4.79 Å². The molecular weight excluding hydrogens is 310 g/mol. The minimum Gasteiger partial charge on any atom is -0.371 e. The minimum atomic E-state index is -0.219. The van der Waals surface area contributed by atoms with Gasteiger partial charge in [-0.05, 0) is 56.0 Å². The molecule has 1 amide bonds. The van der Waals surface area contributed by atoms with Gasteiger partial charge in [-0.15, -0.1) is 0 Å². The highest BCUT2D eigenvalue weighted by atomic mass is 35.5. The van der Waals surface area contributed by atoms with Gasteiger partial charge < -0.3 is 10.2 Å². The summed E-state index contributed by atoms with van der Waals surface area (Å²) in [6.45, 7) is 4.01. The highest BCUT2D eigenvalue weighted by molar-refractivity contribution is 6.31. The number of nitrogens with one attached hydrogen (secondary N) is 1. The molecule has 1 N–H and O–H groups in total. The van der Waals surface area contributed by atoms with Crippen LogP contribution in [0.1, 0.15) is 35.3 Å². The minimum absolute atomic E-state index is 0.219. The van der Waals surface area contributed by atoms with Crippen LogP contribution in [0, 0.1) is 6.92 Å². The molecule has 1 fully saturated rings. The highest BCUT2D eigenvalue weighted by Crippen LogP contribution is 2.22. The van der Waals surface area contributed by atoms with Gasteiger partial charge in [-0.25, -0.2) is 0 Å². The number of benzene rings is 1. The number of nitrogens with zero attached hydrogens (tertiary/aromatic N) is 2. The molecule has 23 heavy (non-hydrogen) atoms. The molecule has 1 aromatic heterocycles. The Morgan fingerprint density at radius 1 is 1.17 bits per heavy atom. The summed E-state index contributed by atoms with van der Waals surface area (Å²) >= 11 is 6.10. The van der Waals surface area contributed by atoms with Gasteiger partial charge in [-0.2, -0.15) is 0 Å². The molecule has 0 aliphatic carbocycles. The van der Waals surface area contributed by atoms with Crippen LogP contribution in [0.3, 0.4) is 0 Å². The summed E-state index contributed by atoms with van der Waals surface area (Å²) in [6.07, 6.45) is 5.38. The second kappa shape index (κ2) is 7.01. The Balaban J connectivity index is 1.75. The first-order valence-corrected chi connectivity index (χ1v) is 8.30. The normalized spacial score (nSPS) is 14.6. The van der Waals surface area contributed by atoms with Gasteiger partial charge in [0.1, 0.15) is 5.69 Å². The van der Waals surface area contributed by atoms with Crippen molar-refractivity contribution in [1.82, 2.24) is 4.98 Å². The fourth-order valence-corrected chi connectivity index (χ4v) is 2.94. The zero-order chi connectivity index (χ0) is 16.2. The summed E-state index contributed by atoms with van der Waals surface area (Å²) < 4.78 is 0. The molecule has 0 saturated carbocycles. The van der Waals surface area contributed by atoms with E-state index in [9.17, 15) is 4.79 Å². The molecule has 1 aliphatic rings. The van der Waals surface area contributed by atoms with Gasteiger partial charge in [-0.1, -0.05) is 17.7 Å². The predicted molar refractivity (Wildman–Crippen MR) is 94.4 cm³/mol. The largest absolute Gasteiger partial charge is 0.371 e. The Hall–Kier alpha value is -2.07. The lowest BCUT2D eigenvalue weighted by atomic mass is 10.1. The van der Waals surface area contributed by atoms with Crippen LogP contribution in [0.2, 0.25) is 5.02 Å². The number of hydrogen-bond acceptors (Lipinski definition) is 3. The summed E-state index contributed by atoms with van der Waals surface area (Å²) in [4.78, 5) is 18.9. The van der Waals surface area contributed by atoms with E-state index in [0.29, 0.717) is 16.4 Å². The zero-order valence-electron chi connectivity index (χ0n) is 13.2. The summed E-state index contributed by atoms with van der Waals surface area (Å²) in [6, 6.07) is 9.30. The van der Waals surface area contributed by atoms with Crippen LogP contribution in [-0.4, -0.2) is 24.0 Å². The fraction of sp³-hybridized carbons (Fsp3) is 0.333. The monoisotopic (exact) mass is 329 g/mol. The van der Waals surface area contributed by atoms with Crippen molar-refractivity contribution in [2.75, 3.05) is 23.3 Å². The average Bonchev–Trinajstić information content (AvgIpc) is 2.59. The number of halogens is 1. The molecule has 0 spiro atoms. The lowest BCUT2D eigenvalue weighted by molar-refractivity contribution is 0.102. The lowest BCUT2D eigenvalue weighted by Crippen LogP contribution is -2.29. The van der Waals surface area contributed by atoms with Crippen molar-refractivity contribution in [3.63, 3.8) is 0 Å². The molecule has 2 heterocycles. The van der Waals surface area contributed by atoms with Crippen molar-refractivity contribution in [3.8, 4) is 0 Å². The zero-order valence-corrected chi connectivity index (χ0v) is 13.9. The molecule has 4 nitrogen and oxygen atoms in total. The molecule has 1 aromatic carbocycles. The maximum atomic E-state index is 12.4. The molecule has 5 heteroatoms. The van der Waals surface area contributed by atoms with E-state index in [0.717, 1.165) is 24.3 Å². The Morgan fingerprint density at radius 2 is 1.96 bits per heavy atom. The molecular formula is C18H20ClN3O. The fourth-order valence-electron chi connectivity index (χ4n) is 2.76. The number of rotatable bonds is 3. The van der Waals surface area contributed by atoms with E-state index >= 15 is 0 Å². The smallest absolute Gasteiger partial charge is 0.274 e. The van der Waals surface area contributed by atoms with Crippen molar-refractivity contribution in [1.29, 1.82) is 0 Å². The summed E-state index contributed by atoms with van der Waals surface area (Å²) in [7, 11) is 0. The van der Waals surface area contributed by atoms with Crippen LogP contribution in [0.4, 0.5) is 11.4 Å². The molecule has 3 rings (SSSR count). The Bertz CT molecular complexity index is 711. The van der Waals surface area contributed by atoms with Crippen molar-refractivity contribution in [2.24, 2.45) is 0 Å². The predicted octanol–water partition coefficient (Wildman–Crippen LogP) is 4.29. The van der Waals surface area contributed by atoms with E-state index in [1.807, 2.05) is 31.2 Å². The molecule has 0 atom stereocenters. The second-order valence-corrected chi connectivity index (χ2v) is 6.27. The number of amides is 1. The number of piperidine rings is 1. The van der Waals surface area contributed by atoms with Gasteiger partial charge in [0.2, 0.25) is 0 Å². The molecule has 120 valence electrons. The quantitative estimate of drug-likeness (QED) is 0.913. The molecule has 1 saturated heterocycles. The maximum Gasteiger partial charge on any atom is 0.274 e. The van der Waals surface area contributed by atoms with Crippen molar-refractivity contribution in [3.05, 3.63) is 52.8 Å². The van der Waals surface area contributed by atoms with E-state index < -0.39 is 0 Å². The Morgan fingerprint density at radius 3 is 2.70 bits per heavy atom. The van der Waals surface area contributed by atoms with Crippen LogP contribution in [0.25, 0.3) is 0 Å². The first-order chi connectivity index (χ1) is 11.1. The first kappa shape index (κ1) is 15.8. The van der Waals surface area contributed by atoms with Crippen molar-refractivity contribution >= 4 is 28.9 Å². The van der Waals surface area contributed by atoms with Gasteiger partial charge in [0.15, 0.2) is 0 Å². The van der Waals surface area contributed by atoms with Crippen molar-refractivity contribution in [2.45, 2.75) is 26.2 Å². The van der Waals surface area contributed by atoms with Crippen LogP contribution in [-0.2, 0) is 0 Å².